The molecule has 0 radical (unpaired) electrons. The molecule has 3 aromatic rings. The zero-order valence-electron chi connectivity index (χ0n) is 17.2. The maximum Gasteiger partial charge on any atom is 0.261 e. The minimum atomic E-state index is -0.502. The summed E-state index contributed by atoms with van der Waals surface area (Å²) in [6.45, 7) is 2.43. The zero-order valence-corrected chi connectivity index (χ0v) is 18.0. The molecule has 0 saturated heterocycles. The molecule has 0 aliphatic carbocycles. The van der Waals surface area contributed by atoms with Crippen LogP contribution in [0.3, 0.4) is 0 Å². The second-order valence-electron chi connectivity index (χ2n) is 7.26. The van der Waals surface area contributed by atoms with Crippen molar-refractivity contribution in [2.24, 2.45) is 0 Å². The van der Waals surface area contributed by atoms with Gasteiger partial charge in [-0.25, -0.2) is 8.78 Å². The Labute approximate surface area is 187 Å². The van der Waals surface area contributed by atoms with Gasteiger partial charge in [0.05, 0.1) is 16.5 Å². The number of aryl methyl sites for hydroxylation is 1. The molecule has 2 amide bonds. The third-order valence-corrected chi connectivity index (χ3v) is 6.03. The summed E-state index contributed by atoms with van der Waals surface area (Å²) in [5.74, 6) is -1.04. The molecule has 0 spiro atoms. The molecule has 1 aromatic heterocycles. The lowest BCUT2D eigenvalue weighted by Crippen LogP contribution is -2.26. The first-order valence-corrected chi connectivity index (χ1v) is 10.7. The lowest BCUT2D eigenvalue weighted by molar-refractivity contribution is -0.0172. The van der Waals surface area contributed by atoms with Gasteiger partial charge >= 0.3 is 0 Å². The molecule has 0 atom stereocenters. The first-order valence-electron chi connectivity index (χ1n) is 9.88. The molecular formula is C23H20F2N2O4S. The third kappa shape index (κ3) is 4.95. The number of fused-ring (bicyclic) bond motifs is 1. The highest BCUT2D eigenvalue weighted by atomic mass is 32.1. The molecule has 9 heteroatoms. The lowest BCUT2D eigenvalue weighted by atomic mass is 10.1. The SMILES string of the molecule is Cc1cc(NC(=O)c2cccc(F)c2)sc1C(=O)NCCc1cc(F)cc2c1OCOC2. The van der Waals surface area contributed by atoms with E-state index in [9.17, 15) is 18.4 Å². The van der Waals surface area contributed by atoms with Crippen LogP contribution in [-0.4, -0.2) is 25.2 Å². The van der Waals surface area contributed by atoms with E-state index in [-0.39, 0.29) is 37.2 Å². The standard InChI is InChI=1S/C23H20F2N2O4S/c1-13-7-19(27-22(28)15-3-2-4-17(24)9-15)32-21(13)23(29)26-6-5-14-8-18(25)10-16-11-30-12-31-20(14)16/h2-4,7-10H,5-6,11-12H2,1H3,(H,26,29)(H,27,28). The number of ether oxygens (including phenoxy) is 2. The van der Waals surface area contributed by atoms with Crippen molar-refractivity contribution in [2.45, 2.75) is 20.0 Å². The van der Waals surface area contributed by atoms with Crippen molar-refractivity contribution in [3.05, 3.63) is 81.2 Å². The lowest BCUT2D eigenvalue weighted by Gasteiger charge is -2.21. The Balaban J connectivity index is 1.38. The van der Waals surface area contributed by atoms with Crippen molar-refractivity contribution in [2.75, 3.05) is 18.7 Å². The summed E-state index contributed by atoms with van der Waals surface area (Å²) in [5.41, 5.74) is 2.19. The van der Waals surface area contributed by atoms with Crippen LogP contribution in [0.15, 0.2) is 42.5 Å². The van der Waals surface area contributed by atoms with E-state index < -0.39 is 11.7 Å². The summed E-state index contributed by atoms with van der Waals surface area (Å²) in [6.07, 6.45) is 0.388. The second-order valence-corrected chi connectivity index (χ2v) is 8.31. The van der Waals surface area contributed by atoms with E-state index in [4.69, 9.17) is 9.47 Å². The van der Waals surface area contributed by atoms with Gasteiger partial charge in [0.1, 0.15) is 17.4 Å². The van der Waals surface area contributed by atoms with Gasteiger partial charge in [0.25, 0.3) is 11.8 Å². The van der Waals surface area contributed by atoms with Gasteiger partial charge in [-0.2, -0.15) is 0 Å². The van der Waals surface area contributed by atoms with Gasteiger partial charge in [-0.3, -0.25) is 9.59 Å². The van der Waals surface area contributed by atoms with E-state index >= 15 is 0 Å². The number of carbonyl (C=O) groups excluding carboxylic acids is 2. The predicted molar refractivity (Wildman–Crippen MR) is 116 cm³/mol. The quantitative estimate of drug-likeness (QED) is 0.573. The van der Waals surface area contributed by atoms with Crippen LogP contribution < -0.4 is 15.4 Å². The van der Waals surface area contributed by atoms with Gasteiger partial charge in [0.15, 0.2) is 6.79 Å². The van der Waals surface area contributed by atoms with E-state index in [0.29, 0.717) is 38.7 Å². The minimum absolute atomic E-state index is 0.108. The highest BCUT2D eigenvalue weighted by Gasteiger charge is 2.19. The Bertz CT molecular complexity index is 1180. The number of thiophene rings is 1. The summed E-state index contributed by atoms with van der Waals surface area (Å²) in [6, 6.07) is 9.83. The van der Waals surface area contributed by atoms with Crippen molar-refractivity contribution in [3.63, 3.8) is 0 Å². The van der Waals surface area contributed by atoms with Crippen molar-refractivity contribution < 1.29 is 27.8 Å². The van der Waals surface area contributed by atoms with E-state index in [0.717, 1.165) is 17.4 Å². The summed E-state index contributed by atoms with van der Waals surface area (Å²) >= 11 is 1.13. The summed E-state index contributed by atoms with van der Waals surface area (Å²) in [7, 11) is 0. The molecule has 6 nitrogen and oxygen atoms in total. The highest BCUT2D eigenvalue weighted by molar-refractivity contribution is 7.18. The zero-order chi connectivity index (χ0) is 22.7. The topological polar surface area (TPSA) is 76.7 Å². The minimum Gasteiger partial charge on any atom is -0.467 e. The number of rotatable bonds is 6. The Hall–Kier alpha value is -3.30. The maximum atomic E-state index is 13.9. The molecule has 0 saturated carbocycles. The van der Waals surface area contributed by atoms with Crippen LogP contribution in [0.1, 0.15) is 36.7 Å². The molecule has 4 rings (SSSR count). The van der Waals surface area contributed by atoms with Crippen LogP contribution in [0.5, 0.6) is 5.75 Å². The first kappa shape index (κ1) is 21.9. The molecule has 2 N–H and O–H groups in total. The smallest absolute Gasteiger partial charge is 0.261 e. The fraction of sp³-hybridized carbons (Fsp3) is 0.217. The predicted octanol–water partition coefficient (Wildman–Crippen LogP) is 4.43. The summed E-state index contributed by atoms with van der Waals surface area (Å²) < 4.78 is 37.9. The molecule has 0 unspecified atom stereocenters. The van der Waals surface area contributed by atoms with E-state index in [1.54, 1.807) is 13.0 Å². The Kier molecular flexibility index (Phi) is 6.48. The van der Waals surface area contributed by atoms with Gasteiger partial charge in [0.2, 0.25) is 0 Å². The fourth-order valence-electron chi connectivity index (χ4n) is 3.42. The number of halogens is 2. The summed E-state index contributed by atoms with van der Waals surface area (Å²) in [5, 5.41) is 5.99. The molecule has 1 aliphatic heterocycles. The van der Waals surface area contributed by atoms with Crippen LogP contribution >= 0.6 is 11.3 Å². The first-order chi connectivity index (χ1) is 15.4. The molecular weight excluding hydrogens is 438 g/mol. The monoisotopic (exact) mass is 458 g/mol. The number of hydrogen-bond donors (Lipinski definition) is 2. The number of carbonyl (C=O) groups is 2. The normalized spacial score (nSPS) is 12.6. The largest absolute Gasteiger partial charge is 0.467 e. The van der Waals surface area contributed by atoms with Crippen LogP contribution in [0.25, 0.3) is 0 Å². The third-order valence-electron chi connectivity index (χ3n) is 4.88. The number of amides is 2. The van der Waals surface area contributed by atoms with E-state index in [1.807, 2.05) is 0 Å². The average Bonchev–Trinajstić information content (AvgIpc) is 3.13. The fourth-order valence-corrected chi connectivity index (χ4v) is 4.40. The van der Waals surface area contributed by atoms with Crippen LogP contribution in [0.4, 0.5) is 13.8 Å². The average molecular weight is 458 g/mol. The van der Waals surface area contributed by atoms with Crippen molar-refractivity contribution in [3.8, 4) is 5.75 Å². The van der Waals surface area contributed by atoms with E-state index in [1.165, 1.54) is 30.3 Å². The van der Waals surface area contributed by atoms with E-state index in [2.05, 4.69) is 10.6 Å². The van der Waals surface area contributed by atoms with Crippen LogP contribution in [0, 0.1) is 18.6 Å². The number of benzene rings is 2. The number of hydrogen-bond acceptors (Lipinski definition) is 5. The molecule has 166 valence electrons. The van der Waals surface area contributed by atoms with Gasteiger partial charge in [-0.1, -0.05) is 6.07 Å². The van der Waals surface area contributed by atoms with Crippen LogP contribution in [0.2, 0.25) is 0 Å². The van der Waals surface area contributed by atoms with Gasteiger partial charge in [-0.05, 0) is 60.9 Å². The molecule has 2 aromatic carbocycles. The Morgan fingerprint density at radius 3 is 2.75 bits per heavy atom. The van der Waals surface area contributed by atoms with Crippen molar-refractivity contribution >= 4 is 28.2 Å². The Morgan fingerprint density at radius 2 is 1.94 bits per heavy atom. The molecule has 32 heavy (non-hydrogen) atoms. The molecule has 1 aliphatic rings. The van der Waals surface area contributed by atoms with Crippen LogP contribution in [-0.2, 0) is 17.8 Å². The summed E-state index contributed by atoms with van der Waals surface area (Å²) in [4.78, 5) is 25.4. The highest BCUT2D eigenvalue weighted by Crippen LogP contribution is 2.30. The van der Waals surface area contributed by atoms with Gasteiger partial charge < -0.3 is 20.1 Å². The second kappa shape index (κ2) is 9.46. The molecule has 2 heterocycles. The number of nitrogens with one attached hydrogen (secondary N) is 2. The van der Waals surface area contributed by atoms with Gasteiger partial charge in [-0.15, -0.1) is 11.3 Å². The Morgan fingerprint density at radius 1 is 1.09 bits per heavy atom. The molecule has 0 bridgehead atoms. The number of anilines is 1. The van der Waals surface area contributed by atoms with Crippen molar-refractivity contribution in [1.29, 1.82) is 0 Å². The maximum absolute atomic E-state index is 13.9. The molecule has 0 fully saturated rings. The van der Waals surface area contributed by atoms with Crippen molar-refractivity contribution in [1.82, 2.24) is 5.32 Å². The van der Waals surface area contributed by atoms with Gasteiger partial charge in [0, 0.05) is 17.7 Å².